The number of piperidine rings is 1. The molecular formula is C18H27N3O5S. The van der Waals surface area contributed by atoms with Crippen LogP contribution in [0.2, 0.25) is 0 Å². The molecule has 2 rings (SSSR count). The highest BCUT2D eigenvalue weighted by atomic mass is 32.2. The van der Waals surface area contributed by atoms with Crippen LogP contribution in [0.15, 0.2) is 29.4 Å². The summed E-state index contributed by atoms with van der Waals surface area (Å²) in [4.78, 5) is 29.3. The van der Waals surface area contributed by atoms with E-state index >= 15 is 0 Å². The Morgan fingerprint density at radius 2 is 2.00 bits per heavy atom. The molecule has 27 heavy (non-hydrogen) atoms. The van der Waals surface area contributed by atoms with Crippen molar-refractivity contribution in [2.24, 2.45) is 11.8 Å². The summed E-state index contributed by atoms with van der Waals surface area (Å²) in [5.41, 5.74) is 0. The number of nitrogens with zero attached hydrogens (tertiary/aromatic N) is 3. The van der Waals surface area contributed by atoms with Crippen LogP contribution in [0.25, 0.3) is 0 Å². The number of aliphatic carboxylic acids is 1. The van der Waals surface area contributed by atoms with Crippen molar-refractivity contribution in [1.82, 2.24) is 14.2 Å². The standard InChI is InChI=1S/C18H27N3O5S/c1-14(2)13-20(9-7-17(22)23)18(24)15-5-10-21(11-6-15)27(25,26)16-4-3-8-19-12-16/h3-4,8,12,14-15H,5-7,9-11,13H2,1-2H3,(H,22,23). The van der Waals surface area contributed by atoms with Gasteiger partial charge in [-0.2, -0.15) is 4.31 Å². The Balaban J connectivity index is 2.00. The summed E-state index contributed by atoms with van der Waals surface area (Å²) < 4.78 is 26.7. The van der Waals surface area contributed by atoms with E-state index in [2.05, 4.69) is 4.98 Å². The van der Waals surface area contributed by atoms with Crippen molar-refractivity contribution < 1.29 is 23.1 Å². The Bertz CT molecular complexity index is 744. The van der Waals surface area contributed by atoms with Gasteiger partial charge in [0.25, 0.3) is 0 Å². The average Bonchev–Trinajstić information content (AvgIpc) is 2.65. The summed E-state index contributed by atoms with van der Waals surface area (Å²) in [5.74, 6) is -1.07. The minimum atomic E-state index is -3.60. The van der Waals surface area contributed by atoms with E-state index in [1.807, 2.05) is 13.8 Å². The third-order valence-corrected chi connectivity index (χ3v) is 6.45. The van der Waals surface area contributed by atoms with Crippen molar-refractivity contribution in [2.75, 3.05) is 26.2 Å². The molecule has 0 aromatic carbocycles. The number of pyridine rings is 1. The van der Waals surface area contributed by atoms with Crippen LogP contribution in [0.3, 0.4) is 0 Å². The molecule has 0 spiro atoms. The van der Waals surface area contributed by atoms with E-state index in [1.54, 1.807) is 11.0 Å². The maximum atomic E-state index is 12.8. The first kappa shape index (κ1) is 21.3. The highest BCUT2D eigenvalue weighted by Crippen LogP contribution is 2.25. The lowest BCUT2D eigenvalue weighted by Gasteiger charge is -2.34. The van der Waals surface area contributed by atoms with Gasteiger partial charge in [-0.05, 0) is 30.9 Å². The summed E-state index contributed by atoms with van der Waals surface area (Å²) in [5, 5.41) is 8.90. The van der Waals surface area contributed by atoms with E-state index in [4.69, 9.17) is 5.11 Å². The number of carboxylic acid groups (broad SMARTS) is 1. The summed E-state index contributed by atoms with van der Waals surface area (Å²) in [6, 6.07) is 3.09. The molecule has 0 saturated carbocycles. The Hall–Kier alpha value is -2.00. The quantitative estimate of drug-likeness (QED) is 0.711. The number of carbonyl (C=O) groups excluding carboxylic acids is 1. The first-order valence-corrected chi connectivity index (χ1v) is 10.6. The van der Waals surface area contributed by atoms with E-state index < -0.39 is 16.0 Å². The Morgan fingerprint density at radius 3 is 2.52 bits per heavy atom. The molecule has 150 valence electrons. The molecule has 0 atom stereocenters. The van der Waals surface area contributed by atoms with Gasteiger partial charge in [-0.25, -0.2) is 8.42 Å². The number of hydrogen-bond acceptors (Lipinski definition) is 5. The maximum absolute atomic E-state index is 12.8. The van der Waals surface area contributed by atoms with Gasteiger partial charge in [-0.1, -0.05) is 13.8 Å². The third kappa shape index (κ3) is 5.74. The first-order chi connectivity index (χ1) is 12.7. The molecule has 2 heterocycles. The Morgan fingerprint density at radius 1 is 1.33 bits per heavy atom. The molecule has 1 fully saturated rings. The Kier molecular flexibility index (Phi) is 7.32. The van der Waals surface area contributed by atoms with Gasteiger partial charge in [-0.15, -0.1) is 0 Å². The number of amides is 1. The molecule has 1 N–H and O–H groups in total. The number of aromatic nitrogens is 1. The molecule has 0 radical (unpaired) electrons. The van der Waals surface area contributed by atoms with Crippen LogP contribution in [0.4, 0.5) is 0 Å². The SMILES string of the molecule is CC(C)CN(CCC(=O)O)C(=O)C1CCN(S(=O)(=O)c2cccnc2)CC1. The van der Waals surface area contributed by atoms with Crippen LogP contribution in [0.5, 0.6) is 0 Å². The van der Waals surface area contributed by atoms with Crippen LogP contribution in [-0.4, -0.2) is 65.8 Å². The molecular weight excluding hydrogens is 370 g/mol. The van der Waals surface area contributed by atoms with Gasteiger partial charge in [0.2, 0.25) is 15.9 Å². The molecule has 8 nitrogen and oxygen atoms in total. The molecule has 0 aliphatic carbocycles. The predicted octanol–water partition coefficient (Wildman–Crippen LogP) is 1.44. The highest BCUT2D eigenvalue weighted by Gasteiger charge is 2.34. The molecule has 9 heteroatoms. The first-order valence-electron chi connectivity index (χ1n) is 9.12. The van der Waals surface area contributed by atoms with E-state index in [9.17, 15) is 18.0 Å². The molecule has 0 unspecified atom stereocenters. The van der Waals surface area contributed by atoms with Gasteiger partial charge in [0, 0.05) is 44.5 Å². The average molecular weight is 397 g/mol. The monoisotopic (exact) mass is 397 g/mol. The van der Waals surface area contributed by atoms with Gasteiger partial charge in [0.1, 0.15) is 4.90 Å². The molecule has 1 aromatic heterocycles. The number of carboxylic acids is 1. The lowest BCUT2D eigenvalue weighted by molar-refractivity contribution is -0.140. The fraction of sp³-hybridized carbons (Fsp3) is 0.611. The van der Waals surface area contributed by atoms with Crippen molar-refractivity contribution in [3.05, 3.63) is 24.5 Å². The van der Waals surface area contributed by atoms with E-state index in [0.29, 0.717) is 19.4 Å². The van der Waals surface area contributed by atoms with Gasteiger partial charge in [0.05, 0.1) is 6.42 Å². The fourth-order valence-corrected chi connectivity index (χ4v) is 4.65. The second-order valence-corrected chi connectivity index (χ2v) is 9.13. The summed E-state index contributed by atoms with van der Waals surface area (Å²) in [6.07, 6.45) is 3.61. The minimum absolute atomic E-state index is 0.0802. The van der Waals surface area contributed by atoms with Crippen LogP contribution in [0, 0.1) is 11.8 Å². The van der Waals surface area contributed by atoms with Gasteiger partial charge >= 0.3 is 5.97 Å². The minimum Gasteiger partial charge on any atom is -0.481 e. The second-order valence-electron chi connectivity index (χ2n) is 7.19. The van der Waals surface area contributed by atoms with Crippen LogP contribution >= 0.6 is 0 Å². The third-order valence-electron chi connectivity index (χ3n) is 4.57. The number of rotatable bonds is 8. The lowest BCUT2D eigenvalue weighted by atomic mass is 9.96. The molecule has 1 aliphatic rings. The summed E-state index contributed by atoms with van der Waals surface area (Å²) in [6.45, 7) is 5.17. The van der Waals surface area contributed by atoms with Crippen molar-refractivity contribution in [3.63, 3.8) is 0 Å². The van der Waals surface area contributed by atoms with E-state index in [-0.39, 0.29) is 48.7 Å². The summed E-state index contributed by atoms with van der Waals surface area (Å²) >= 11 is 0. The van der Waals surface area contributed by atoms with Gasteiger partial charge < -0.3 is 10.0 Å². The topological polar surface area (TPSA) is 108 Å². The van der Waals surface area contributed by atoms with E-state index in [0.717, 1.165) is 0 Å². The Labute approximate surface area is 160 Å². The summed E-state index contributed by atoms with van der Waals surface area (Å²) in [7, 11) is -3.60. The zero-order valence-corrected chi connectivity index (χ0v) is 16.6. The smallest absolute Gasteiger partial charge is 0.305 e. The fourth-order valence-electron chi connectivity index (χ4n) is 3.21. The largest absolute Gasteiger partial charge is 0.481 e. The number of sulfonamides is 1. The van der Waals surface area contributed by atoms with Crippen LogP contribution < -0.4 is 0 Å². The molecule has 1 saturated heterocycles. The van der Waals surface area contributed by atoms with E-state index in [1.165, 1.54) is 22.8 Å². The van der Waals surface area contributed by atoms with Crippen molar-refractivity contribution >= 4 is 21.9 Å². The molecule has 1 aromatic rings. The molecule has 1 aliphatic heterocycles. The maximum Gasteiger partial charge on any atom is 0.305 e. The van der Waals surface area contributed by atoms with Crippen LogP contribution in [0.1, 0.15) is 33.1 Å². The van der Waals surface area contributed by atoms with Gasteiger partial charge in [-0.3, -0.25) is 14.6 Å². The zero-order valence-electron chi connectivity index (χ0n) is 15.7. The predicted molar refractivity (Wildman–Crippen MR) is 99.4 cm³/mol. The number of hydrogen-bond donors (Lipinski definition) is 1. The van der Waals surface area contributed by atoms with Gasteiger partial charge in [0.15, 0.2) is 0 Å². The molecule has 0 bridgehead atoms. The zero-order chi connectivity index (χ0) is 20.0. The van der Waals surface area contributed by atoms with Crippen molar-refractivity contribution in [1.29, 1.82) is 0 Å². The van der Waals surface area contributed by atoms with Crippen molar-refractivity contribution in [3.8, 4) is 0 Å². The number of carbonyl (C=O) groups is 2. The second kappa shape index (κ2) is 9.27. The lowest BCUT2D eigenvalue weighted by Crippen LogP contribution is -2.45. The highest BCUT2D eigenvalue weighted by molar-refractivity contribution is 7.89. The molecule has 1 amide bonds. The van der Waals surface area contributed by atoms with Crippen molar-refractivity contribution in [2.45, 2.75) is 38.0 Å². The van der Waals surface area contributed by atoms with Crippen LogP contribution in [-0.2, 0) is 19.6 Å². The normalized spacial score (nSPS) is 16.4.